The molecule has 14 heavy (non-hydrogen) atoms. The smallest absolute Gasteiger partial charge is 0.00368 e. The van der Waals surface area contributed by atoms with Gasteiger partial charge in [0.05, 0.1) is 0 Å². The largest absolute Gasteiger partial charge is 0.319 e. The summed E-state index contributed by atoms with van der Waals surface area (Å²) in [6.45, 7) is 7.36. The molecule has 0 bridgehead atoms. The lowest BCUT2D eigenvalue weighted by Gasteiger charge is -2.32. The summed E-state index contributed by atoms with van der Waals surface area (Å²) in [5.41, 5.74) is 0.302. The van der Waals surface area contributed by atoms with E-state index in [1.807, 2.05) is 7.05 Å². The highest BCUT2D eigenvalue weighted by Crippen LogP contribution is 2.34. The third kappa shape index (κ3) is 3.45. The normalized spacial score (nSPS) is 23.0. The van der Waals surface area contributed by atoms with Crippen LogP contribution in [-0.2, 0) is 0 Å². The van der Waals surface area contributed by atoms with Crippen LogP contribution < -0.4 is 5.32 Å². The molecule has 1 rings (SSSR count). The highest BCUT2D eigenvalue weighted by molar-refractivity contribution is 4.94. The van der Waals surface area contributed by atoms with Gasteiger partial charge in [-0.2, -0.15) is 0 Å². The van der Waals surface area contributed by atoms with Crippen LogP contribution in [0.15, 0.2) is 12.7 Å². The van der Waals surface area contributed by atoms with Crippen LogP contribution in [0.1, 0.15) is 45.4 Å². The summed E-state index contributed by atoms with van der Waals surface area (Å²) in [4.78, 5) is 0. The fourth-order valence-electron chi connectivity index (χ4n) is 2.68. The summed E-state index contributed by atoms with van der Waals surface area (Å²) in [5.74, 6) is 0.945. The molecule has 1 atom stereocenters. The monoisotopic (exact) mass is 195 g/mol. The fourth-order valence-corrected chi connectivity index (χ4v) is 2.68. The molecule has 0 saturated heterocycles. The molecule has 0 radical (unpaired) electrons. The lowest BCUT2D eigenvalue weighted by atomic mass is 9.75. The molecule has 1 aliphatic carbocycles. The summed E-state index contributed by atoms with van der Waals surface area (Å²) in [5, 5.41) is 3.28. The second-order valence-electron chi connectivity index (χ2n) is 5.10. The Morgan fingerprint density at radius 3 is 2.50 bits per heavy atom. The topological polar surface area (TPSA) is 12.0 Å². The lowest BCUT2D eigenvalue weighted by molar-refractivity contribution is 0.245. The van der Waals surface area contributed by atoms with Gasteiger partial charge in [0, 0.05) is 6.54 Å². The summed E-state index contributed by atoms with van der Waals surface area (Å²) in [6, 6.07) is 0. The van der Waals surface area contributed by atoms with Gasteiger partial charge in [0.15, 0.2) is 0 Å². The first-order valence-electron chi connectivity index (χ1n) is 5.98. The molecule has 1 heteroatoms. The average Bonchev–Trinajstić information content (AvgIpc) is 2.20. The van der Waals surface area contributed by atoms with Gasteiger partial charge >= 0.3 is 0 Å². The Morgan fingerprint density at radius 1 is 1.36 bits per heavy atom. The van der Waals surface area contributed by atoms with Crippen LogP contribution in [0.2, 0.25) is 0 Å². The predicted octanol–water partition coefficient (Wildman–Crippen LogP) is 3.37. The van der Waals surface area contributed by atoms with E-state index in [1.54, 1.807) is 0 Å². The minimum absolute atomic E-state index is 0.302. The van der Waals surface area contributed by atoms with E-state index < -0.39 is 0 Å². The van der Waals surface area contributed by atoms with Crippen LogP contribution >= 0.6 is 0 Å². The quantitative estimate of drug-likeness (QED) is 0.663. The highest BCUT2D eigenvalue weighted by atomic mass is 14.8. The Bertz CT molecular complexity index is 170. The molecule has 1 fully saturated rings. The molecule has 0 amide bonds. The van der Waals surface area contributed by atoms with Crippen molar-refractivity contribution in [2.45, 2.75) is 45.4 Å². The zero-order valence-electron chi connectivity index (χ0n) is 9.81. The highest BCUT2D eigenvalue weighted by Gasteiger charge is 2.25. The van der Waals surface area contributed by atoms with Crippen molar-refractivity contribution in [3.8, 4) is 0 Å². The third-order valence-electron chi connectivity index (χ3n) is 3.55. The third-order valence-corrected chi connectivity index (χ3v) is 3.55. The maximum absolute atomic E-state index is 3.98. The molecule has 0 aliphatic heterocycles. The standard InChI is InChI=1S/C13H25N/c1-4-13(2,11-14-3)10-12-8-6-5-7-9-12/h4,12,14H,1,5-11H2,2-3H3. The van der Waals surface area contributed by atoms with Gasteiger partial charge < -0.3 is 5.32 Å². The van der Waals surface area contributed by atoms with Gasteiger partial charge in [-0.1, -0.05) is 45.1 Å². The minimum Gasteiger partial charge on any atom is -0.319 e. The van der Waals surface area contributed by atoms with Crippen molar-refractivity contribution in [2.75, 3.05) is 13.6 Å². The molecule has 1 N–H and O–H groups in total. The van der Waals surface area contributed by atoms with Crippen molar-refractivity contribution in [3.63, 3.8) is 0 Å². The van der Waals surface area contributed by atoms with Gasteiger partial charge in [0.25, 0.3) is 0 Å². The summed E-state index contributed by atoms with van der Waals surface area (Å²) >= 11 is 0. The Labute approximate surface area is 89.0 Å². The second-order valence-corrected chi connectivity index (χ2v) is 5.10. The first-order valence-corrected chi connectivity index (χ1v) is 5.98. The summed E-state index contributed by atoms with van der Waals surface area (Å²) in [7, 11) is 2.03. The average molecular weight is 195 g/mol. The molecule has 82 valence electrons. The van der Waals surface area contributed by atoms with Crippen molar-refractivity contribution in [1.82, 2.24) is 5.32 Å². The first kappa shape index (κ1) is 11.8. The van der Waals surface area contributed by atoms with E-state index in [9.17, 15) is 0 Å². The van der Waals surface area contributed by atoms with E-state index in [-0.39, 0.29) is 0 Å². The molecule has 1 unspecified atom stereocenters. The predicted molar refractivity (Wildman–Crippen MR) is 63.4 cm³/mol. The van der Waals surface area contributed by atoms with E-state index in [1.165, 1.54) is 38.5 Å². The Morgan fingerprint density at radius 2 is 2.00 bits per heavy atom. The van der Waals surface area contributed by atoms with Crippen molar-refractivity contribution in [1.29, 1.82) is 0 Å². The Hall–Kier alpha value is -0.300. The van der Waals surface area contributed by atoms with Crippen LogP contribution in [0.5, 0.6) is 0 Å². The molecule has 0 aromatic heterocycles. The lowest BCUT2D eigenvalue weighted by Crippen LogP contribution is -2.30. The number of hydrogen-bond acceptors (Lipinski definition) is 1. The van der Waals surface area contributed by atoms with Crippen molar-refractivity contribution < 1.29 is 0 Å². The summed E-state index contributed by atoms with van der Waals surface area (Å²) in [6.07, 6.45) is 10.7. The van der Waals surface area contributed by atoms with Crippen LogP contribution in [0.3, 0.4) is 0 Å². The Balaban J connectivity index is 2.41. The molecule has 1 saturated carbocycles. The first-order chi connectivity index (χ1) is 6.70. The molecule has 0 aromatic rings. The van der Waals surface area contributed by atoms with Crippen LogP contribution in [0.4, 0.5) is 0 Å². The van der Waals surface area contributed by atoms with Gasteiger partial charge in [-0.25, -0.2) is 0 Å². The number of nitrogens with one attached hydrogen (secondary N) is 1. The second kappa shape index (κ2) is 5.55. The fraction of sp³-hybridized carbons (Fsp3) is 0.846. The molecule has 0 aromatic carbocycles. The van der Waals surface area contributed by atoms with Crippen LogP contribution in [0, 0.1) is 11.3 Å². The van der Waals surface area contributed by atoms with E-state index in [0.717, 1.165) is 12.5 Å². The van der Waals surface area contributed by atoms with E-state index in [0.29, 0.717) is 5.41 Å². The van der Waals surface area contributed by atoms with Gasteiger partial charge in [0.1, 0.15) is 0 Å². The van der Waals surface area contributed by atoms with Gasteiger partial charge in [-0.15, -0.1) is 6.58 Å². The molecule has 1 nitrogen and oxygen atoms in total. The maximum Gasteiger partial charge on any atom is 0.00368 e. The molecular formula is C13H25N. The molecular weight excluding hydrogens is 170 g/mol. The van der Waals surface area contributed by atoms with Crippen molar-refractivity contribution in [3.05, 3.63) is 12.7 Å². The molecule has 0 spiro atoms. The maximum atomic E-state index is 3.98. The van der Waals surface area contributed by atoms with Crippen molar-refractivity contribution >= 4 is 0 Å². The van der Waals surface area contributed by atoms with E-state index >= 15 is 0 Å². The molecule has 0 heterocycles. The summed E-state index contributed by atoms with van der Waals surface area (Å²) < 4.78 is 0. The van der Waals surface area contributed by atoms with Crippen LogP contribution in [-0.4, -0.2) is 13.6 Å². The minimum atomic E-state index is 0.302. The SMILES string of the molecule is C=CC(C)(CNC)CC1CCCCC1. The van der Waals surface area contributed by atoms with Crippen molar-refractivity contribution in [2.24, 2.45) is 11.3 Å². The van der Waals surface area contributed by atoms with Gasteiger partial charge in [0.2, 0.25) is 0 Å². The van der Waals surface area contributed by atoms with Crippen LogP contribution in [0.25, 0.3) is 0 Å². The van der Waals surface area contributed by atoms with E-state index in [2.05, 4.69) is 24.9 Å². The number of rotatable bonds is 5. The zero-order valence-corrected chi connectivity index (χ0v) is 9.81. The van der Waals surface area contributed by atoms with E-state index in [4.69, 9.17) is 0 Å². The van der Waals surface area contributed by atoms with Gasteiger partial charge in [-0.05, 0) is 24.8 Å². The number of hydrogen-bond donors (Lipinski definition) is 1. The van der Waals surface area contributed by atoms with Gasteiger partial charge in [-0.3, -0.25) is 0 Å². The Kier molecular flexibility index (Phi) is 4.67. The zero-order chi connectivity index (χ0) is 10.4. The molecule has 1 aliphatic rings.